The van der Waals surface area contributed by atoms with Crippen LogP contribution in [0.5, 0.6) is 0 Å². The van der Waals surface area contributed by atoms with Crippen molar-refractivity contribution in [1.29, 1.82) is 0 Å². The highest BCUT2D eigenvalue weighted by molar-refractivity contribution is 5.88. The normalized spacial score (nSPS) is 17.7. The second-order valence-electron chi connectivity index (χ2n) is 6.25. The summed E-state index contributed by atoms with van der Waals surface area (Å²) in [5.41, 5.74) is 1.20. The summed E-state index contributed by atoms with van der Waals surface area (Å²) in [5, 5.41) is 3.10. The van der Waals surface area contributed by atoms with Crippen molar-refractivity contribution in [3.8, 4) is 0 Å². The van der Waals surface area contributed by atoms with Gasteiger partial charge in [0.05, 0.1) is 17.2 Å². The molecule has 0 bridgehead atoms. The van der Waals surface area contributed by atoms with Gasteiger partial charge in [-0.2, -0.15) is 0 Å². The molecule has 1 atom stereocenters. The first kappa shape index (κ1) is 15.7. The van der Waals surface area contributed by atoms with E-state index in [1.165, 1.54) is 12.1 Å². The highest BCUT2D eigenvalue weighted by Gasteiger charge is 2.43. The van der Waals surface area contributed by atoms with Crippen molar-refractivity contribution in [2.24, 2.45) is 0 Å². The molecule has 3 rings (SSSR count). The molecule has 0 radical (unpaired) electrons. The van der Waals surface area contributed by atoms with E-state index in [1.54, 1.807) is 18.3 Å². The van der Waals surface area contributed by atoms with Crippen molar-refractivity contribution in [2.45, 2.75) is 44.1 Å². The van der Waals surface area contributed by atoms with Gasteiger partial charge in [0.2, 0.25) is 5.91 Å². The Bertz CT molecular complexity index is 664. The van der Waals surface area contributed by atoms with Crippen LogP contribution in [0.3, 0.4) is 0 Å². The lowest BCUT2D eigenvalue weighted by Gasteiger charge is -2.30. The predicted molar refractivity (Wildman–Crippen MR) is 87.3 cm³/mol. The van der Waals surface area contributed by atoms with Crippen molar-refractivity contribution in [3.05, 3.63) is 65.7 Å². The van der Waals surface area contributed by atoms with E-state index < -0.39 is 5.41 Å². The minimum Gasteiger partial charge on any atom is -0.347 e. The van der Waals surface area contributed by atoms with Crippen LogP contribution < -0.4 is 5.32 Å². The Balaban J connectivity index is 1.83. The van der Waals surface area contributed by atoms with Gasteiger partial charge in [-0.1, -0.05) is 31.0 Å². The lowest BCUT2D eigenvalue weighted by atomic mass is 9.77. The highest BCUT2D eigenvalue weighted by Crippen LogP contribution is 2.41. The summed E-state index contributed by atoms with van der Waals surface area (Å²) in [6, 6.07) is 11.9. The summed E-state index contributed by atoms with van der Waals surface area (Å²) in [7, 11) is 0. The molecular weight excluding hydrogens is 291 g/mol. The zero-order valence-corrected chi connectivity index (χ0v) is 13.3. The molecule has 1 aliphatic rings. The lowest BCUT2D eigenvalue weighted by Crippen LogP contribution is -2.43. The first-order valence-corrected chi connectivity index (χ1v) is 8.10. The Labute approximate surface area is 135 Å². The fraction of sp³-hybridized carbons (Fsp3) is 0.368. The molecule has 1 N–H and O–H groups in total. The Hall–Kier alpha value is -2.23. The Morgan fingerprint density at radius 1 is 1.17 bits per heavy atom. The van der Waals surface area contributed by atoms with Gasteiger partial charge in [0.15, 0.2) is 0 Å². The molecule has 1 fully saturated rings. The second-order valence-corrected chi connectivity index (χ2v) is 6.25. The van der Waals surface area contributed by atoms with Crippen molar-refractivity contribution in [3.63, 3.8) is 0 Å². The molecule has 1 aromatic heterocycles. The van der Waals surface area contributed by atoms with Crippen LogP contribution in [-0.2, 0) is 10.2 Å². The second kappa shape index (κ2) is 6.49. The van der Waals surface area contributed by atoms with Gasteiger partial charge in [-0.15, -0.1) is 0 Å². The van der Waals surface area contributed by atoms with Crippen LogP contribution in [0, 0.1) is 5.82 Å². The monoisotopic (exact) mass is 312 g/mol. The zero-order valence-electron chi connectivity index (χ0n) is 13.3. The van der Waals surface area contributed by atoms with Gasteiger partial charge >= 0.3 is 0 Å². The molecule has 1 aromatic carbocycles. The summed E-state index contributed by atoms with van der Waals surface area (Å²) < 4.78 is 13.2. The van der Waals surface area contributed by atoms with Gasteiger partial charge < -0.3 is 5.32 Å². The zero-order chi connectivity index (χ0) is 16.3. The SMILES string of the molecule is CC(NC(=O)C1(c2ccc(F)cc2)CCCC1)c1ccccn1. The highest BCUT2D eigenvalue weighted by atomic mass is 19.1. The predicted octanol–water partition coefficient (Wildman–Crippen LogP) is 3.91. The van der Waals surface area contributed by atoms with E-state index in [0.29, 0.717) is 0 Å². The van der Waals surface area contributed by atoms with Crippen LogP contribution in [-0.4, -0.2) is 10.9 Å². The average Bonchev–Trinajstić information content (AvgIpc) is 3.07. The van der Waals surface area contributed by atoms with E-state index in [4.69, 9.17) is 0 Å². The van der Waals surface area contributed by atoms with Crippen LogP contribution in [0.2, 0.25) is 0 Å². The standard InChI is InChI=1S/C19H21FN2O/c1-14(17-6-2-5-13-21-17)22-18(23)19(11-3-4-12-19)15-7-9-16(20)10-8-15/h2,5-10,13-14H,3-4,11-12H2,1H3,(H,22,23). The number of halogens is 1. The summed E-state index contributed by atoms with van der Waals surface area (Å²) >= 11 is 0. The Kier molecular flexibility index (Phi) is 4.42. The van der Waals surface area contributed by atoms with Gasteiger partial charge in [0, 0.05) is 6.20 Å². The van der Waals surface area contributed by atoms with E-state index in [1.807, 2.05) is 25.1 Å². The third-order valence-electron chi connectivity index (χ3n) is 4.77. The number of hydrogen-bond acceptors (Lipinski definition) is 2. The third-order valence-corrected chi connectivity index (χ3v) is 4.77. The molecule has 1 heterocycles. The maximum Gasteiger partial charge on any atom is 0.231 e. The van der Waals surface area contributed by atoms with Crippen LogP contribution >= 0.6 is 0 Å². The molecule has 2 aromatic rings. The summed E-state index contributed by atoms with van der Waals surface area (Å²) in [4.78, 5) is 17.3. The number of amides is 1. The third kappa shape index (κ3) is 3.11. The van der Waals surface area contributed by atoms with E-state index in [-0.39, 0.29) is 17.8 Å². The Morgan fingerprint density at radius 2 is 1.87 bits per heavy atom. The van der Waals surface area contributed by atoms with Crippen molar-refractivity contribution >= 4 is 5.91 Å². The fourth-order valence-corrected chi connectivity index (χ4v) is 3.44. The lowest BCUT2D eigenvalue weighted by molar-refractivity contribution is -0.127. The molecule has 0 aliphatic heterocycles. The molecule has 3 nitrogen and oxygen atoms in total. The van der Waals surface area contributed by atoms with Gasteiger partial charge in [-0.3, -0.25) is 9.78 Å². The Morgan fingerprint density at radius 3 is 2.48 bits per heavy atom. The maximum absolute atomic E-state index is 13.2. The van der Waals surface area contributed by atoms with Crippen molar-refractivity contribution in [2.75, 3.05) is 0 Å². The first-order chi connectivity index (χ1) is 11.1. The molecule has 120 valence electrons. The van der Waals surface area contributed by atoms with Crippen molar-refractivity contribution < 1.29 is 9.18 Å². The largest absolute Gasteiger partial charge is 0.347 e. The quantitative estimate of drug-likeness (QED) is 0.930. The molecular formula is C19H21FN2O. The first-order valence-electron chi connectivity index (χ1n) is 8.10. The topological polar surface area (TPSA) is 42.0 Å². The summed E-state index contributed by atoms with van der Waals surface area (Å²) in [6.07, 6.45) is 5.37. The van der Waals surface area contributed by atoms with Gasteiger partial charge in [-0.05, 0) is 49.6 Å². The van der Waals surface area contributed by atoms with Gasteiger partial charge in [-0.25, -0.2) is 4.39 Å². The van der Waals surface area contributed by atoms with Crippen LogP contribution in [0.1, 0.15) is 49.9 Å². The minimum absolute atomic E-state index is 0.0137. The van der Waals surface area contributed by atoms with E-state index in [2.05, 4.69) is 10.3 Å². The van der Waals surface area contributed by atoms with Crippen LogP contribution in [0.25, 0.3) is 0 Å². The number of aromatic nitrogens is 1. The minimum atomic E-state index is -0.545. The number of pyridine rings is 1. The summed E-state index contributed by atoms with van der Waals surface area (Å²) in [6.45, 7) is 1.94. The number of carbonyl (C=O) groups excluding carboxylic acids is 1. The number of benzene rings is 1. The van der Waals surface area contributed by atoms with Crippen LogP contribution in [0.15, 0.2) is 48.7 Å². The van der Waals surface area contributed by atoms with E-state index in [0.717, 1.165) is 36.9 Å². The summed E-state index contributed by atoms with van der Waals surface area (Å²) in [5.74, 6) is -0.260. The molecule has 1 amide bonds. The fourth-order valence-electron chi connectivity index (χ4n) is 3.44. The molecule has 1 aliphatic carbocycles. The molecule has 0 saturated heterocycles. The molecule has 23 heavy (non-hydrogen) atoms. The maximum atomic E-state index is 13.2. The van der Waals surface area contributed by atoms with Gasteiger partial charge in [0.1, 0.15) is 5.82 Å². The van der Waals surface area contributed by atoms with Crippen LogP contribution in [0.4, 0.5) is 4.39 Å². The molecule has 1 unspecified atom stereocenters. The number of hydrogen-bond donors (Lipinski definition) is 1. The molecule has 1 saturated carbocycles. The molecule has 4 heteroatoms. The van der Waals surface area contributed by atoms with E-state index in [9.17, 15) is 9.18 Å². The smallest absolute Gasteiger partial charge is 0.231 e. The van der Waals surface area contributed by atoms with Gasteiger partial charge in [0.25, 0.3) is 0 Å². The van der Waals surface area contributed by atoms with Crippen molar-refractivity contribution in [1.82, 2.24) is 10.3 Å². The number of nitrogens with one attached hydrogen (secondary N) is 1. The number of carbonyl (C=O) groups is 1. The number of nitrogens with zero attached hydrogens (tertiary/aromatic N) is 1. The number of rotatable bonds is 4. The molecule has 0 spiro atoms. The average molecular weight is 312 g/mol. The van der Waals surface area contributed by atoms with E-state index >= 15 is 0 Å².